The number of nitrogens with one attached hydrogen (secondary N) is 1. The number of amides is 1. The summed E-state index contributed by atoms with van der Waals surface area (Å²) in [6, 6.07) is 8.61. The molecule has 0 saturated carbocycles. The van der Waals surface area contributed by atoms with Crippen molar-refractivity contribution in [3.8, 4) is 0 Å². The lowest BCUT2D eigenvalue weighted by atomic mass is 10.1. The van der Waals surface area contributed by atoms with Gasteiger partial charge in [0.2, 0.25) is 0 Å². The molecule has 2 heterocycles. The van der Waals surface area contributed by atoms with Crippen LogP contribution >= 0.6 is 11.3 Å². The van der Waals surface area contributed by atoms with E-state index in [2.05, 4.69) is 24.1 Å². The van der Waals surface area contributed by atoms with E-state index in [9.17, 15) is 9.59 Å². The van der Waals surface area contributed by atoms with Gasteiger partial charge in [-0.25, -0.2) is 4.79 Å². The van der Waals surface area contributed by atoms with Gasteiger partial charge in [0.15, 0.2) is 0 Å². The zero-order valence-electron chi connectivity index (χ0n) is 16.2. The number of hydrogen-bond donors (Lipinski definition) is 1. The number of anilines is 1. The Labute approximate surface area is 169 Å². The summed E-state index contributed by atoms with van der Waals surface area (Å²) in [6.07, 6.45) is -0.135. The molecule has 28 heavy (non-hydrogen) atoms. The number of ether oxygens (including phenoxy) is 2. The van der Waals surface area contributed by atoms with E-state index in [0.717, 1.165) is 19.6 Å². The van der Waals surface area contributed by atoms with E-state index >= 15 is 0 Å². The first kappa shape index (κ1) is 20.5. The van der Waals surface area contributed by atoms with Gasteiger partial charge in [0.1, 0.15) is 12.7 Å². The molecule has 1 aliphatic heterocycles. The Hall–Kier alpha value is -2.22. The van der Waals surface area contributed by atoms with E-state index < -0.39 is 5.97 Å². The van der Waals surface area contributed by atoms with E-state index in [1.807, 2.05) is 5.38 Å². The molecule has 1 N–H and O–H groups in total. The normalized spacial score (nSPS) is 17.5. The molecule has 150 valence electrons. The molecule has 7 heteroatoms. The fraction of sp³-hybridized carbons (Fsp3) is 0.429. The second kappa shape index (κ2) is 9.82. The van der Waals surface area contributed by atoms with Crippen LogP contribution in [-0.2, 0) is 9.47 Å². The van der Waals surface area contributed by atoms with E-state index in [0.29, 0.717) is 29.3 Å². The fourth-order valence-corrected chi connectivity index (χ4v) is 3.80. The highest BCUT2D eigenvalue weighted by Gasteiger charge is 2.23. The Balaban J connectivity index is 1.58. The topological polar surface area (TPSA) is 67.9 Å². The highest BCUT2D eigenvalue weighted by Crippen LogP contribution is 2.19. The highest BCUT2D eigenvalue weighted by molar-refractivity contribution is 7.08. The monoisotopic (exact) mass is 402 g/mol. The highest BCUT2D eigenvalue weighted by atomic mass is 32.1. The van der Waals surface area contributed by atoms with Crippen molar-refractivity contribution >= 4 is 28.9 Å². The molecule has 0 radical (unpaired) electrons. The van der Waals surface area contributed by atoms with Gasteiger partial charge in [-0.05, 0) is 29.5 Å². The summed E-state index contributed by atoms with van der Waals surface area (Å²) in [5.74, 6) is -0.132. The number of benzene rings is 1. The lowest BCUT2D eigenvalue weighted by Crippen LogP contribution is -2.45. The third-order valence-electron chi connectivity index (χ3n) is 4.43. The fourth-order valence-electron chi connectivity index (χ4n) is 3.17. The van der Waals surface area contributed by atoms with Crippen molar-refractivity contribution in [1.82, 2.24) is 4.90 Å². The summed E-state index contributed by atoms with van der Waals surface area (Å²) in [7, 11) is 0. The number of carbonyl (C=O) groups excluding carboxylic acids is 2. The molecule has 3 rings (SSSR count). The Kier molecular flexibility index (Phi) is 7.19. The quantitative estimate of drug-likeness (QED) is 0.718. The van der Waals surface area contributed by atoms with Crippen molar-refractivity contribution in [3.05, 3.63) is 52.2 Å². The zero-order chi connectivity index (χ0) is 19.9. The number of carbonyl (C=O) groups is 2. The summed E-state index contributed by atoms with van der Waals surface area (Å²) < 4.78 is 11.2. The van der Waals surface area contributed by atoms with Crippen LogP contribution in [0.3, 0.4) is 0 Å². The van der Waals surface area contributed by atoms with Crippen LogP contribution in [0.15, 0.2) is 41.1 Å². The van der Waals surface area contributed by atoms with Gasteiger partial charge in [0.05, 0.1) is 23.4 Å². The van der Waals surface area contributed by atoms with E-state index in [1.54, 1.807) is 35.7 Å². The standard InChI is InChI=1S/C21H26N2O4S/c1-15(2)11-23-8-9-26-17(12-23)13-27-21(25)18-5-3-4-6-19(18)22-20(24)16-7-10-28-14-16/h3-7,10,14-15,17H,8-9,11-13H2,1-2H3,(H,22,24). The summed E-state index contributed by atoms with van der Waals surface area (Å²) in [6.45, 7) is 7.87. The predicted molar refractivity (Wildman–Crippen MR) is 110 cm³/mol. The Morgan fingerprint density at radius 3 is 2.89 bits per heavy atom. The molecule has 1 saturated heterocycles. The Morgan fingerprint density at radius 1 is 1.32 bits per heavy atom. The number of hydrogen-bond acceptors (Lipinski definition) is 6. The summed E-state index contributed by atoms with van der Waals surface area (Å²) in [5, 5.41) is 6.39. The summed E-state index contributed by atoms with van der Waals surface area (Å²) >= 11 is 1.45. The number of esters is 1. The van der Waals surface area contributed by atoms with Gasteiger partial charge in [-0.15, -0.1) is 0 Å². The van der Waals surface area contributed by atoms with Crippen molar-refractivity contribution in [1.29, 1.82) is 0 Å². The van der Waals surface area contributed by atoms with Crippen LogP contribution in [-0.4, -0.2) is 55.7 Å². The first-order valence-corrected chi connectivity index (χ1v) is 10.4. The predicted octanol–water partition coefficient (Wildman–Crippen LogP) is 3.51. The van der Waals surface area contributed by atoms with Crippen molar-refractivity contribution < 1.29 is 19.1 Å². The number of rotatable bonds is 7. The van der Waals surface area contributed by atoms with E-state index in [1.165, 1.54) is 11.3 Å². The molecule has 1 aromatic heterocycles. The third-order valence-corrected chi connectivity index (χ3v) is 5.11. The van der Waals surface area contributed by atoms with Gasteiger partial charge in [0, 0.05) is 25.0 Å². The molecule has 6 nitrogen and oxygen atoms in total. The minimum absolute atomic E-state index is 0.135. The average molecular weight is 403 g/mol. The second-order valence-corrected chi connectivity index (χ2v) is 8.04. The van der Waals surface area contributed by atoms with Gasteiger partial charge in [-0.3, -0.25) is 9.69 Å². The summed E-state index contributed by atoms with van der Waals surface area (Å²) in [4.78, 5) is 27.2. The maximum atomic E-state index is 12.6. The van der Waals surface area contributed by atoms with Gasteiger partial charge >= 0.3 is 5.97 Å². The molecule has 1 aliphatic rings. The Bertz CT molecular complexity index is 791. The van der Waals surface area contributed by atoms with Gasteiger partial charge in [0.25, 0.3) is 5.91 Å². The largest absolute Gasteiger partial charge is 0.459 e. The molecule has 1 fully saturated rings. The maximum absolute atomic E-state index is 12.6. The molecule has 1 unspecified atom stereocenters. The maximum Gasteiger partial charge on any atom is 0.340 e. The van der Waals surface area contributed by atoms with Gasteiger partial charge in [-0.1, -0.05) is 26.0 Å². The minimum atomic E-state index is -0.467. The molecule has 0 aliphatic carbocycles. The van der Waals surface area contributed by atoms with Crippen LogP contribution in [0, 0.1) is 5.92 Å². The summed E-state index contributed by atoms with van der Waals surface area (Å²) in [5.41, 5.74) is 1.34. The molecular formula is C21H26N2O4S. The van der Waals surface area contributed by atoms with Gasteiger partial charge in [-0.2, -0.15) is 11.3 Å². The van der Waals surface area contributed by atoms with Crippen LogP contribution in [0.25, 0.3) is 0 Å². The second-order valence-electron chi connectivity index (χ2n) is 7.26. The zero-order valence-corrected chi connectivity index (χ0v) is 17.0. The van der Waals surface area contributed by atoms with Crippen LogP contribution in [0.2, 0.25) is 0 Å². The molecule has 0 spiro atoms. The minimum Gasteiger partial charge on any atom is -0.459 e. The van der Waals surface area contributed by atoms with Crippen LogP contribution in [0.1, 0.15) is 34.6 Å². The van der Waals surface area contributed by atoms with Crippen molar-refractivity contribution in [2.75, 3.05) is 38.2 Å². The van der Waals surface area contributed by atoms with Crippen molar-refractivity contribution in [3.63, 3.8) is 0 Å². The molecule has 1 aromatic carbocycles. The lowest BCUT2D eigenvalue weighted by molar-refractivity contribution is -0.0612. The number of morpholine rings is 1. The number of nitrogens with zero attached hydrogens (tertiary/aromatic N) is 1. The third kappa shape index (κ3) is 5.64. The first-order chi connectivity index (χ1) is 13.5. The molecule has 0 bridgehead atoms. The molecule has 1 amide bonds. The van der Waals surface area contributed by atoms with Crippen LogP contribution in [0.4, 0.5) is 5.69 Å². The van der Waals surface area contributed by atoms with E-state index in [4.69, 9.17) is 9.47 Å². The molecule has 2 aromatic rings. The number of para-hydroxylation sites is 1. The van der Waals surface area contributed by atoms with Crippen LogP contribution < -0.4 is 5.32 Å². The Morgan fingerprint density at radius 2 is 2.14 bits per heavy atom. The SMILES string of the molecule is CC(C)CN1CCOC(COC(=O)c2ccccc2NC(=O)c2ccsc2)C1. The van der Waals surface area contributed by atoms with E-state index in [-0.39, 0.29) is 18.6 Å². The molecule has 1 atom stereocenters. The van der Waals surface area contributed by atoms with Gasteiger partial charge < -0.3 is 14.8 Å². The first-order valence-electron chi connectivity index (χ1n) is 9.46. The average Bonchev–Trinajstić information content (AvgIpc) is 3.21. The lowest BCUT2D eigenvalue weighted by Gasteiger charge is -2.33. The molecular weight excluding hydrogens is 376 g/mol. The van der Waals surface area contributed by atoms with Crippen LogP contribution in [0.5, 0.6) is 0 Å². The van der Waals surface area contributed by atoms with Crippen molar-refractivity contribution in [2.24, 2.45) is 5.92 Å². The smallest absolute Gasteiger partial charge is 0.340 e. The number of thiophene rings is 1. The van der Waals surface area contributed by atoms with Crippen molar-refractivity contribution in [2.45, 2.75) is 20.0 Å².